The van der Waals surface area contributed by atoms with Crippen LogP contribution in [-0.2, 0) is 25.7 Å². The van der Waals surface area contributed by atoms with Gasteiger partial charge in [-0.1, -0.05) is 43.7 Å². The lowest BCUT2D eigenvalue weighted by Gasteiger charge is -2.43. The summed E-state index contributed by atoms with van der Waals surface area (Å²) in [5.74, 6) is 13.3. The number of nitrogens with two attached hydrogens (primary N) is 1. The second-order valence-corrected chi connectivity index (χ2v) is 17.8. The van der Waals surface area contributed by atoms with Gasteiger partial charge in [0.1, 0.15) is 23.5 Å². The van der Waals surface area contributed by atoms with Crippen molar-refractivity contribution in [2.24, 2.45) is 10.9 Å². The van der Waals surface area contributed by atoms with Crippen LogP contribution in [-0.4, -0.2) is 126 Å². The first-order valence-electron chi connectivity index (χ1n) is 23.4. The van der Waals surface area contributed by atoms with Crippen LogP contribution in [0.1, 0.15) is 111 Å². The zero-order chi connectivity index (χ0) is 46.3. The molecule has 1 unspecified atom stereocenters. The van der Waals surface area contributed by atoms with Crippen LogP contribution in [0.2, 0.25) is 0 Å². The molecule has 5 N–H and O–H groups in total. The SMILES string of the molecule is CC[C@@H]1C(=O)N(C)c2cnc(Nc3ccc(/C(C=[NH+]C4CCC(N(C)CCOCCC#Cc5cccc6c5CN(C5CCC(=O)NC5=O)C6=O)CC4)=N/N)cc3OC)nc2N1C1CCCC1. The highest BCUT2D eigenvalue weighted by Crippen LogP contribution is 2.40. The highest BCUT2D eigenvalue weighted by Gasteiger charge is 2.42. The van der Waals surface area contributed by atoms with Gasteiger partial charge in [-0.25, -0.2) is 9.98 Å². The van der Waals surface area contributed by atoms with Gasteiger partial charge in [0.05, 0.1) is 32.2 Å². The summed E-state index contributed by atoms with van der Waals surface area (Å²) in [6, 6.07) is 11.4. The third kappa shape index (κ3) is 9.90. The molecule has 17 nitrogen and oxygen atoms in total. The predicted molar refractivity (Wildman–Crippen MR) is 252 cm³/mol. The van der Waals surface area contributed by atoms with Gasteiger partial charge in [-0.05, 0) is 75.4 Å². The number of imide groups is 1. The summed E-state index contributed by atoms with van der Waals surface area (Å²) < 4.78 is 11.8. The maximum Gasteiger partial charge on any atom is 0.255 e. The molecule has 4 heterocycles. The zero-order valence-electron chi connectivity index (χ0n) is 38.5. The Morgan fingerprint density at radius 3 is 2.62 bits per heavy atom. The molecule has 0 spiro atoms. The molecule has 0 radical (unpaired) electrons. The monoisotopic (exact) mass is 900 g/mol. The van der Waals surface area contributed by atoms with E-state index in [9.17, 15) is 19.2 Å². The summed E-state index contributed by atoms with van der Waals surface area (Å²) in [7, 11) is 5.57. The van der Waals surface area contributed by atoms with E-state index in [1.165, 1.54) is 0 Å². The van der Waals surface area contributed by atoms with Gasteiger partial charge in [0.25, 0.3) is 5.91 Å². The number of likely N-dealkylation sites (N-methyl/N-ethyl adjacent to an activating group) is 2. The van der Waals surface area contributed by atoms with Gasteiger partial charge in [-0.15, -0.1) is 0 Å². The summed E-state index contributed by atoms with van der Waals surface area (Å²) in [6.45, 7) is 4.28. The summed E-state index contributed by atoms with van der Waals surface area (Å²) in [5.41, 5.74) is 4.97. The van der Waals surface area contributed by atoms with Crippen LogP contribution in [0.25, 0.3) is 0 Å². The van der Waals surface area contributed by atoms with E-state index >= 15 is 0 Å². The first-order chi connectivity index (χ1) is 32.1. The fourth-order valence-corrected chi connectivity index (χ4v) is 10.1. The predicted octanol–water partition coefficient (Wildman–Crippen LogP) is 3.01. The summed E-state index contributed by atoms with van der Waals surface area (Å²) >= 11 is 0. The number of nitrogens with one attached hydrogen (secondary N) is 3. The number of fused-ring (bicyclic) bond motifs is 2. The van der Waals surface area contributed by atoms with Crippen LogP contribution in [0.5, 0.6) is 5.75 Å². The van der Waals surface area contributed by atoms with Crippen molar-refractivity contribution >= 4 is 58.7 Å². The molecule has 2 atom stereocenters. The highest BCUT2D eigenvalue weighted by atomic mass is 16.5. The Balaban J connectivity index is 0.784. The molecule has 348 valence electrons. The molecule has 17 heteroatoms. The second kappa shape index (κ2) is 20.8. The molecular formula is C49H62N11O6+. The maximum atomic E-state index is 13.3. The Hall–Kier alpha value is -6.38. The van der Waals surface area contributed by atoms with Crippen molar-refractivity contribution in [1.29, 1.82) is 0 Å². The third-order valence-corrected chi connectivity index (χ3v) is 13.8. The minimum absolute atomic E-state index is 0.0800. The van der Waals surface area contributed by atoms with E-state index in [1.807, 2.05) is 36.5 Å². The molecular weight excluding hydrogens is 839 g/mol. The number of rotatable bonds is 15. The number of nitrogens with zero attached hydrogens (tertiary/aromatic N) is 7. The molecule has 3 aromatic rings. The number of anilines is 4. The number of amides is 4. The second-order valence-electron chi connectivity index (χ2n) is 17.8. The van der Waals surface area contributed by atoms with Crippen LogP contribution in [0.15, 0.2) is 47.7 Å². The molecule has 0 bridgehead atoms. The summed E-state index contributed by atoms with van der Waals surface area (Å²) in [5, 5.41) is 9.81. The Morgan fingerprint density at radius 1 is 1.08 bits per heavy atom. The summed E-state index contributed by atoms with van der Waals surface area (Å²) in [4.78, 5) is 71.5. The number of carbonyl (C=O) groups is 4. The van der Waals surface area contributed by atoms with Crippen molar-refractivity contribution < 1.29 is 33.6 Å². The average molecular weight is 901 g/mol. The lowest BCUT2D eigenvalue weighted by Crippen LogP contribution is -2.78. The number of ether oxygens (including phenoxy) is 2. The van der Waals surface area contributed by atoms with Crippen molar-refractivity contribution in [3.8, 4) is 17.6 Å². The van der Waals surface area contributed by atoms with Crippen LogP contribution in [0.3, 0.4) is 0 Å². The Morgan fingerprint density at radius 2 is 1.88 bits per heavy atom. The Bertz CT molecular complexity index is 2430. The molecule has 66 heavy (non-hydrogen) atoms. The number of benzene rings is 2. The molecule has 8 rings (SSSR count). The van der Waals surface area contributed by atoms with E-state index in [-0.39, 0.29) is 36.2 Å². The van der Waals surface area contributed by atoms with Gasteiger partial charge >= 0.3 is 0 Å². The van der Waals surface area contributed by atoms with E-state index in [0.717, 1.165) is 86.1 Å². The molecule has 5 aliphatic rings. The number of methoxy groups -OCH3 is 1. The zero-order valence-corrected chi connectivity index (χ0v) is 38.5. The fourth-order valence-electron chi connectivity index (χ4n) is 10.1. The van der Waals surface area contributed by atoms with Crippen molar-refractivity contribution in [2.75, 3.05) is 56.1 Å². The van der Waals surface area contributed by atoms with Crippen LogP contribution in [0.4, 0.5) is 23.1 Å². The van der Waals surface area contributed by atoms with E-state index in [0.29, 0.717) is 79.8 Å². The Kier molecular flexibility index (Phi) is 14.6. The normalized spacial score (nSPS) is 22.4. The van der Waals surface area contributed by atoms with Gasteiger partial charge in [0, 0.05) is 74.6 Å². The number of hydrogen-bond acceptors (Lipinski definition) is 13. The van der Waals surface area contributed by atoms with Gasteiger partial charge < -0.3 is 40.2 Å². The number of carbonyl (C=O) groups excluding carboxylic acids is 4. The molecule has 1 saturated heterocycles. The Labute approximate surface area is 386 Å². The number of hydrogen-bond donors (Lipinski definition) is 4. The molecule has 2 saturated carbocycles. The molecule has 3 aliphatic heterocycles. The van der Waals surface area contributed by atoms with Crippen molar-refractivity contribution in [2.45, 2.75) is 121 Å². The van der Waals surface area contributed by atoms with E-state index in [1.54, 1.807) is 36.2 Å². The molecule has 2 aromatic carbocycles. The van der Waals surface area contributed by atoms with Gasteiger partial charge in [0.2, 0.25) is 23.7 Å². The standard InChI is InChI=1S/C49H61N11O6/c1-5-40-48(64)58(3)42-29-52-49(55-45(42)60(40)35-13-6-7-14-35)53-38-21-16-32(27-43(38)65-4)39(56-50)28-51-33-17-19-34(20-18-33)57(2)24-26-66-25-9-8-11-31-12-10-15-36-37(31)30-59(47(36)63)41-22-23-44(61)54-46(41)62/h10,12,15-16,21,27-29,33-35,40-41H,5-7,9,13-14,17-20,22-26,30,50H2,1-4H3,(H,52,53,55)(H,54,61,62)/p+1/b51-28?,56-39+/t33?,34?,40-,41?/m1/s1. The maximum absolute atomic E-state index is 13.3. The van der Waals surface area contributed by atoms with Gasteiger partial charge in [0.15, 0.2) is 23.8 Å². The molecule has 4 amide bonds. The van der Waals surface area contributed by atoms with Crippen LogP contribution >= 0.6 is 0 Å². The number of hydrazone groups is 1. The average Bonchev–Trinajstić information content (AvgIpc) is 3.99. The quantitative estimate of drug-likeness (QED) is 0.0435. The topological polar surface area (TPSA) is 202 Å². The molecule has 3 fully saturated rings. The van der Waals surface area contributed by atoms with Gasteiger partial charge in [-0.3, -0.25) is 24.5 Å². The van der Waals surface area contributed by atoms with Crippen LogP contribution in [0, 0.1) is 11.8 Å². The van der Waals surface area contributed by atoms with E-state index in [4.69, 9.17) is 20.3 Å². The van der Waals surface area contributed by atoms with Gasteiger partial charge in [-0.2, -0.15) is 10.1 Å². The highest BCUT2D eigenvalue weighted by molar-refractivity contribution is 6.36. The molecule has 2 aliphatic carbocycles. The first-order valence-corrected chi connectivity index (χ1v) is 23.4. The van der Waals surface area contributed by atoms with Crippen molar-refractivity contribution in [3.63, 3.8) is 0 Å². The lowest BCUT2D eigenvalue weighted by molar-refractivity contribution is -0.502. The number of piperidine rings is 1. The lowest BCUT2D eigenvalue weighted by atomic mass is 9.90. The number of aromatic nitrogens is 2. The van der Waals surface area contributed by atoms with E-state index in [2.05, 4.69) is 61.3 Å². The minimum Gasteiger partial charge on any atom is -0.495 e. The smallest absolute Gasteiger partial charge is 0.255 e. The fraction of sp³-hybridized carbons (Fsp3) is 0.510. The molecule has 1 aromatic heterocycles. The third-order valence-electron chi connectivity index (χ3n) is 13.8. The summed E-state index contributed by atoms with van der Waals surface area (Å²) in [6.07, 6.45) is 13.9. The van der Waals surface area contributed by atoms with Crippen molar-refractivity contribution in [3.05, 3.63) is 64.8 Å². The first kappa shape index (κ1) is 46.2. The minimum atomic E-state index is -0.652. The van der Waals surface area contributed by atoms with Crippen LogP contribution < -0.4 is 36.0 Å². The van der Waals surface area contributed by atoms with E-state index < -0.39 is 11.9 Å². The van der Waals surface area contributed by atoms with Crippen molar-refractivity contribution in [1.82, 2.24) is 25.1 Å². The largest absolute Gasteiger partial charge is 0.495 e.